The molecule has 1 aromatic rings. The summed E-state index contributed by atoms with van der Waals surface area (Å²) >= 11 is 0. The van der Waals surface area contributed by atoms with Crippen molar-refractivity contribution in [3.8, 4) is 0 Å². The summed E-state index contributed by atoms with van der Waals surface area (Å²) in [6.07, 6.45) is 2.20. The van der Waals surface area contributed by atoms with Crippen LogP contribution in [0, 0.1) is 0 Å². The minimum Gasteiger partial charge on any atom is -0.477 e. The summed E-state index contributed by atoms with van der Waals surface area (Å²) in [5.74, 6) is -0.947. The Labute approximate surface area is 103 Å². The molecule has 7 nitrogen and oxygen atoms in total. The summed E-state index contributed by atoms with van der Waals surface area (Å²) in [6.45, 7) is 1.02. The average Bonchev–Trinajstić information content (AvgIpc) is 2.39. The summed E-state index contributed by atoms with van der Waals surface area (Å²) in [7, 11) is 1.54. The van der Waals surface area contributed by atoms with E-state index in [1.54, 1.807) is 0 Å². The monoisotopic (exact) mass is 254 g/mol. The molecular formula is C11H14N2O5. The van der Waals surface area contributed by atoms with E-state index in [2.05, 4.69) is 9.97 Å². The van der Waals surface area contributed by atoms with Gasteiger partial charge in [-0.05, 0) is 0 Å². The Morgan fingerprint density at radius 1 is 1.56 bits per heavy atom. The highest BCUT2D eigenvalue weighted by molar-refractivity contribution is 5.86. The van der Waals surface area contributed by atoms with Crippen LogP contribution in [-0.4, -0.2) is 41.4 Å². The molecule has 0 radical (unpaired) electrons. The lowest BCUT2D eigenvalue weighted by molar-refractivity contribution is -0.100. The van der Waals surface area contributed by atoms with Gasteiger partial charge in [-0.25, -0.2) is 9.78 Å². The summed E-state index contributed by atoms with van der Waals surface area (Å²) in [5.41, 5.74) is -1.75. The number of ether oxygens (including phenoxy) is 2. The molecule has 98 valence electrons. The van der Waals surface area contributed by atoms with Crippen LogP contribution in [0.25, 0.3) is 0 Å². The molecule has 7 heteroatoms. The van der Waals surface area contributed by atoms with Crippen molar-refractivity contribution in [1.82, 2.24) is 9.97 Å². The molecule has 0 unspecified atom stereocenters. The van der Waals surface area contributed by atoms with Gasteiger partial charge in [-0.15, -0.1) is 0 Å². The van der Waals surface area contributed by atoms with Gasteiger partial charge < -0.3 is 19.6 Å². The van der Waals surface area contributed by atoms with E-state index in [1.165, 1.54) is 7.11 Å². The Morgan fingerprint density at radius 2 is 2.22 bits per heavy atom. The molecule has 1 aliphatic heterocycles. The Balaban J connectivity index is 2.41. The third-order valence-electron chi connectivity index (χ3n) is 3.15. The van der Waals surface area contributed by atoms with Gasteiger partial charge in [-0.2, -0.15) is 0 Å². The molecule has 18 heavy (non-hydrogen) atoms. The second-order valence-corrected chi connectivity index (χ2v) is 4.09. The summed E-state index contributed by atoms with van der Waals surface area (Å²) in [4.78, 5) is 28.9. The van der Waals surface area contributed by atoms with Crippen molar-refractivity contribution < 1.29 is 19.4 Å². The van der Waals surface area contributed by atoms with Gasteiger partial charge in [-0.3, -0.25) is 4.79 Å². The SMILES string of the molecule is COC1(c2ncc(C(=O)O)c(=O)[nH]2)CCOCC1. The van der Waals surface area contributed by atoms with Crippen molar-refractivity contribution in [3.05, 3.63) is 27.9 Å². The number of carboxylic acid groups (broad SMARTS) is 1. The van der Waals surface area contributed by atoms with Crippen molar-refractivity contribution in [3.63, 3.8) is 0 Å². The van der Waals surface area contributed by atoms with Gasteiger partial charge in [0.25, 0.3) is 5.56 Å². The molecule has 2 N–H and O–H groups in total. The molecule has 1 saturated heterocycles. The molecule has 0 aromatic carbocycles. The maximum atomic E-state index is 11.6. The fourth-order valence-corrected chi connectivity index (χ4v) is 2.02. The highest BCUT2D eigenvalue weighted by Crippen LogP contribution is 2.32. The van der Waals surface area contributed by atoms with Gasteiger partial charge in [0.2, 0.25) is 0 Å². The van der Waals surface area contributed by atoms with Crippen molar-refractivity contribution >= 4 is 5.97 Å². The zero-order valence-corrected chi connectivity index (χ0v) is 9.93. The van der Waals surface area contributed by atoms with E-state index >= 15 is 0 Å². The number of methoxy groups -OCH3 is 1. The minimum atomic E-state index is -1.30. The molecule has 1 aromatic heterocycles. The number of nitrogens with one attached hydrogen (secondary N) is 1. The van der Waals surface area contributed by atoms with Crippen LogP contribution in [0.3, 0.4) is 0 Å². The summed E-state index contributed by atoms with van der Waals surface area (Å²) < 4.78 is 10.7. The normalized spacial score (nSPS) is 18.5. The number of hydrogen-bond donors (Lipinski definition) is 2. The van der Waals surface area contributed by atoms with Gasteiger partial charge in [-0.1, -0.05) is 0 Å². The molecule has 0 atom stereocenters. The van der Waals surface area contributed by atoms with E-state index in [4.69, 9.17) is 14.6 Å². The van der Waals surface area contributed by atoms with Crippen LogP contribution in [0.1, 0.15) is 29.0 Å². The van der Waals surface area contributed by atoms with Crippen LogP contribution < -0.4 is 5.56 Å². The first kappa shape index (κ1) is 12.7. The van der Waals surface area contributed by atoms with Crippen molar-refractivity contribution in [2.45, 2.75) is 18.4 Å². The summed E-state index contributed by atoms with van der Waals surface area (Å²) in [5, 5.41) is 8.78. The van der Waals surface area contributed by atoms with E-state index in [9.17, 15) is 9.59 Å². The number of aromatic nitrogens is 2. The fourth-order valence-electron chi connectivity index (χ4n) is 2.02. The van der Waals surface area contributed by atoms with Crippen molar-refractivity contribution in [2.75, 3.05) is 20.3 Å². The van der Waals surface area contributed by atoms with Crippen LogP contribution in [-0.2, 0) is 15.1 Å². The summed E-state index contributed by atoms with van der Waals surface area (Å²) in [6, 6.07) is 0. The number of aromatic carboxylic acids is 1. The zero-order chi connectivity index (χ0) is 13.2. The van der Waals surface area contributed by atoms with Gasteiger partial charge >= 0.3 is 5.97 Å². The smallest absolute Gasteiger partial charge is 0.342 e. The maximum absolute atomic E-state index is 11.6. The fraction of sp³-hybridized carbons (Fsp3) is 0.545. The molecular weight excluding hydrogens is 240 g/mol. The number of nitrogens with zero attached hydrogens (tertiary/aromatic N) is 1. The van der Waals surface area contributed by atoms with Crippen molar-refractivity contribution in [2.24, 2.45) is 0 Å². The van der Waals surface area contributed by atoms with E-state index in [-0.39, 0.29) is 5.56 Å². The first-order valence-corrected chi connectivity index (χ1v) is 5.55. The van der Waals surface area contributed by atoms with E-state index in [1.807, 2.05) is 0 Å². The van der Waals surface area contributed by atoms with Gasteiger partial charge in [0.1, 0.15) is 17.0 Å². The maximum Gasteiger partial charge on any atom is 0.342 e. The second kappa shape index (κ2) is 4.87. The van der Waals surface area contributed by atoms with Crippen LogP contribution in [0.15, 0.2) is 11.0 Å². The number of carbonyl (C=O) groups is 1. The number of aromatic amines is 1. The number of carboxylic acids is 1. The van der Waals surface area contributed by atoms with E-state index < -0.39 is 17.1 Å². The predicted octanol–water partition coefficient (Wildman–Crippen LogP) is 0.120. The molecule has 0 spiro atoms. The molecule has 0 bridgehead atoms. The third kappa shape index (κ3) is 2.14. The molecule has 0 aliphatic carbocycles. The number of H-pyrrole nitrogens is 1. The van der Waals surface area contributed by atoms with Crippen LogP contribution in [0.4, 0.5) is 0 Å². The Morgan fingerprint density at radius 3 is 2.72 bits per heavy atom. The minimum absolute atomic E-state index is 0.350. The quantitative estimate of drug-likeness (QED) is 0.794. The van der Waals surface area contributed by atoms with Gasteiger partial charge in [0.15, 0.2) is 0 Å². The molecule has 1 fully saturated rings. The molecule has 2 rings (SSSR count). The van der Waals surface area contributed by atoms with Crippen LogP contribution in [0.5, 0.6) is 0 Å². The van der Waals surface area contributed by atoms with Crippen LogP contribution in [0.2, 0.25) is 0 Å². The standard InChI is InChI=1S/C11H14N2O5/c1-17-11(2-4-18-5-3-11)10-12-6-7(9(15)16)8(14)13-10/h6H,2-5H2,1H3,(H,15,16)(H,12,13,14). The lowest BCUT2D eigenvalue weighted by Gasteiger charge is -2.34. The first-order chi connectivity index (χ1) is 8.59. The molecule has 2 heterocycles. The van der Waals surface area contributed by atoms with E-state index in [0.29, 0.717) is 31.9 Å². The van der Waals surface area contributed by atoms with Crippen LogP contribution >= 0.6 is 0 Å². The Hall–Kier alpha value is -1.73. The Kier molecular flexibility index (Phi) is 3.44. The lowest BCUT2D eigenvalue weighted by Crippen LogP contribution is -2.39. The number of hydrogen-bond acceptors (Lipinski definition) is 5. The lowest BCUT2D eigenvalue weighted by atomic mass is 9.93. The Bertz CT molecular complexity index is 504. The molecule has 0 amide bonds. The largest absolute Gasteiger partial charge is 0.477 e. The molecule has 0 saturated carbocycles. The first-order valence-electron chi connectivity index (χ1n) is 5.55. The topological polar surface area (TPSA) is 102 Å². The number of rotatable bonds is 3. The zero-order valence-electron chi connectivity index (χ0n) is 9.93. The van der Waals surface area contributed by atoms with Gasteiger partial charge in [0.05, 0.1) is 0 Å². The van der Waals surface area contributed by atoms with Gasteiger partial charge in [0, 0.05) is 39.4 Å². The van der Waals surface area contributed by atoms with E-state index in [0.717, 1.165) is 6.20 Å². The predicted molar refractivity (Wildman–Crippen MR) is 60.6 cm³/mol. The highest BCUT2D eigenvalue weighted by atomic mass is 16.5. The molecule has 1 aliphatic rings. The third-order valence-corrected chi connectivity index (χ3v) is 3.15. The average molecular weight is 254 g/mol. The van der Waals surface area contributed by atoms with Crippen molar-refractivity contribution in [1.29, 1.82) is 0 Å². The highest BCUT2D eigenvalue weighted by Gasteiger charge is 2.37. The second-order valence-electron chi connectivity index (χ2n) is 4.09.